The Morgan fingerprint density at radius 3 is 3.14 bits per heavy atom. The fourth-order valence-corrected chi connectivity index (χ4v) is 1.62. The monoisotopic (exact) mass is 197 g/mol. The summed E-state index contributed by atoms with van der Waals surface area (Å²) in [5.74, 6) is 0.464. The van der Waals surface area contributed by atoms with Crippen LogP contribution in [0.15, 0.2) is 12.2 Å². The number of carbonyl (C=O) groups excluding carboxylic acids is 1. The number of rotatable bonds is 4. The van der Waals surface area contributed by atoms with Gasteiger partial charge < -0.3 is 10.1 Å². The lowest BCUT2D eigenvalue weighted by atomic mass is 9.99. The molecule has 0 aromatic carbocycles. The van der Waals surface area contributed by atoms with E-state index in [0.29, 0.717) is 18.9 Å². The van der Waals surface area contributed by atoms with Gasteiger partial charge in [0.25, 0.3) is 0 Å². The molecule has 0 aliphatic carbocycles. The fraction of sp³-hybridized carbons (Fsp3) is 0.727. The van der Waals surface area contributed by atoms with Crippen molar-refractivity contribution in [2.24, 2.45) is 5.92 Å². The van der Waals surface area contributed by atoms with Crippen molar-refractivity contribution in [3.63, 3.8) is 0 Å². The summed E-state index contributed by atoms with van der Waals surface area (Å²) in [6.45, 7) is 4.46. The molecule has 0 amide bonds. The maximum atomic E-state index is 11.0. The van der Waals surface area contributed by atoms with Gasteiger partial charge in [0.15, 0.2) is 0 Å². The highest BCUT2D eigenvalue weighted by Crippen LogP contribution is 2.11. The second-order valence-corrected chi connectivity index (χ2v) is 3.54. The Kier molecular flexibility index (Phi) is 5.30. The van der Waals surface area contributed by atoms with Gasteiger partial charge in [-0.1, -0.05) is 12.2 Å². The predicted molar refractivity (Wildman–Crippen MR) is 56.0 cm³/mol. The highest BCUT2D eigenvalue weighted by Gasteiger charge is 2.08. The lowest BCUT2D eigenvalue weighted by Gasteiger charge is -2.19. The molecule has 0 spiro atoms. The molecule has 1 unspecified atom stereocenters. The molecule has 1 aliphatic rings. The Bertz CT molecular complexity index is 195. The van der Waals surface area contributed by atoms with Gasteiger partial charge in [0.1, 0.15) is 0 Å². The molecule has 1 N–H and O–H groups in total. The molecule has 0 radical (unpaired) electrons. The Balaban J connectivity index is 2.15. The molecule has 3 heteroatoms. The van der Waals surface area contributed by atoms with E-state index in [9.17, 15) is 4.79 Å². The molecule has 1 heterocycles. The van der Waals surface area contributed by atoms with Crippen LogP contribution < -0.4 is 5.32 Å². The van der Waals surface area contributed by atoms with Gasteiger partial charge >= 0.3 is 5.97 Å². The van der Waals surface area contributed by atoms with Gasteiger partial charge in [-0.05, 0) is 32.2 Å². The average molecular weight is 197 g/mol. The molecule has 0 aromatic heterocycles. The first kappa shape index (κ1) is 11.2. The molecule has 1 rings (SSSR count). The molecule has 0 saturated carbocycles. The maximum Gasteiger partial charge on any atom is 0.309 e. The SMILES string of the molecule is CCOC(=O)C/C=C/C1CCCNC1. The molecular formula is C11H19NO2. The van der Waals surface area contributed by atoms with E-state index in [4.69, 9.17) is 4.74 Å². The number of nitrogens with one attached hydrogen (secondary N) is 1. The molecule has 1 aliphatic heterocycles. The van der Waals surface area contributed by atoms with Gasteiger partial charge in [-0.25, -0.2) is 0 Å². The standard InChI is InChI=1S/C11H19NO2/c1-2-14-11(13)7-3-5-10-6-4-8-12-9-10/h3,5,10,12H,2,4,6-9H2,1H3/b5-3+. The number of esters is 1. The van der Waals surface area contributed by atoms with Crippen LogP contribution in [-0.4, -0.2) is 25.7 Å². The quantitative estimate of drug-likeness (QED) is 0.548. The zero-order valence-electron chi connectivity index (χ0n) is 8.79. The van der Waals surface area contributed by atoms with E-state index in [1.165, 1.54) is 12.8 Å². The first-order valence-electron chi connectivity index (χ1n) is 5.36. The van der Waals surface area contributed by atoms with Crippen molar-refractivity contribution in [2.45, 2.75) is 26.2 Å². The number of carbonyl (C=O) groups is 1. The molecule has 14 heavy (non-hydrogen) atoms. The Morgan fingerprint density at radius 1 is 1.64 bits per heavy atom. The second-order valence-electron chi connectivity index (χ2n) is 3.54. The van der Waals surface area contributed by atoms with Crippen molar-refractivity contribution >= 4 is 5.97 Å². The smallest absolute Gasteiger partial charge is 0.309 e. The minimum Gasteiger partial charge on any atom is -0.466 e. The van der Waals surface area contributed by atoms with Crippen LogP contribution in [0.5, 0.6) is 0 Å². The maximum absolute atomic E-state index is 11.0. The van der Waals surface area contributed by atoms with Crippen molar-refractivity contribution in [3.05, 3.63) is 12.2 Å². The molecule has 0 bridgehead atoms. The number of ether oxygens (including phenoxy) is 1. The molecule has 80 valence electrons. The van der Waals surface area contributed by atoms with Gasteiger partial charge in [0.05, 0.1) is 13.0 Å². The third-order valence-electron chi connectivity index (χ3n) is 2.33. The van der Waals surface area contributed by atoms with E-state index in [2.05, 4.69) is 11.4 Å². The van der Waals surface area contributed by atoms with Crippen molar-refractivity contribution in [1.29, 1.82) is 0 Å². The summed E-state index contributed by atoms with van der Waals surface area (Å²) in [5.41, 5.74) is 0. The lowest BCUT2D eigenvalue weighted by Crippen LogP contribution is -2.28. The number of hydrogen-bond donors (Lipinski definition) is 1. The van der Waals surface area contributed by atoms with E-state index < -0.39 is 0 Å². The van der Waals surface area contributed by atoms with E-state index in [0.717, 1.165) is 13.1 Å². The Hall–Kier alpha value is -0.830. The molecule has 1 atom stereocenters. The normalized spacial score (nSPS) is 22.5. The highest BCUT2D eigenvalue weighted by molar-refractivity contribution is 5.71. The van der Waals surface area contributed by atoms with Crippen LogP contribution in [-0.2, 0) is 9.53 Å². The van der Waals surface area contributed by atoms with E-state index in [-0.39, 0.29) is 5.97 Å². The molecule has 1 saturated heterocycles. The summed E-state index contributed by atoms with van der Waals surface area (Å²) in [5, 5.41) is 3.33. The Morgan fingerprint density at radius 2 is 2.50 bits per heavy atom. The van der Waals surface area contributed by atoms with Crippen molar-refractivity contribution in [2.75, 3.05) is 19.7 Å². The van der Waals surface area contributed by atoms with Gasteiger partial charge in [0, 0.05) is 6.54 Å². The second kappa shape index (κ2) is 6.60. The van der Waals surface area contributed by atoms with Crippen LogP contribution in [0.25, 0.3) is 0 Å². The van der Waals surface area contributed by atoms with Crippen molar-refractivity contribution in [3.8, 4) is 0 Å². The summed E-state index contributed by atoms with van der Waals surface area (Å²) in [6, 6.07) is 0. The first-order valence-corrected chi connectivity index (χ1v) is 5.36. The van der Waals surface area contributed by atoms with E-state index in [1.807, 2.05) is 13.0 Å². The van der Waals surface area contributed by atoms with Crippen LogP contribution in [0.3, 0.4) is 0 Å². The lowest BCUT2D eigenvalue weighted by molar-refractivity contribution is -0.142. The summed E-state index contributed by atoms with van der Waals surface area (Å²) >= 11 is 0. The third kappa shape index (κ3) is 4.42. The van der Waals surface area contributed by atoms with E-state index in [1.54, 1.807) is 0 Å². The van der Waals surface area contributed by atoms with Crippen LogP contribution in [0.2, 0.25) is 0 Å². The van der Waals surface area contributed by atoms with Gasteiger partial charge in [-0.2, -0.15) is 0 Å². The van der Waals surface area contributed by atoms with Gasteiger partial charge in [-0.3, -0.25) is 4.79 Å². The largest absolute Gasteiger partial charge is 0.466 e. The summed E-state index contributed by atoms with van der Waals surface area (Å²) in [7, 11) is 0. The van der Waals surface area contributed by atoms with Crippen molar-refractivity contribution < 1.29 is 9.53 Å². The molecule has 1 fully saturated rings. The van der Waals surface area contributed by atoms with Crippen molar-refractivity contribution in [1.82, 2.24) is 5.32 Å². The minimum atomic E-state index is -0.132. The first-order chi connectivity index (χ1) is 6.83. The highest BCUT2D eigenvalue weighted by atomic mass is 16.5. The molecule has 3 nitrogen and oxygen atoms in total. The minimum absolute atomic E-state index is 0.132. The number of hydrogen-bond acceptors (Lipinski definition) is 3. The fourth-order valence-electron chi connectivity index (χ4n) is 1.62. The Labute approximate surface area is 85.5 Å². The third-order valence-corrected chi connectivity index (χ3v) is 2.33. The zero-order chi connectivity index (χ0) is 10.2. The summed E-state index contributed by atoms with van der Waals surface area (Å²) in [6.07, 6.45) is 6.92. The van der Waals surface area contributed by atoms with Crippen LogP contribution in [0.4, 0.5) is 0 Å². The summed E-state index contributed by atoms with van der Waals surface area (Å²) in [4.78, 5) is 11.0. The van der Waals surface area contributed by atoms with E-state index >= 15 is 0 Å². The average Bonchev–Trinajstić information content (AvgIpc) is 2.20. The summed E-state index contributed by atoms with van der Waals surface area (Å²) < 4.78 is 4.83. The van der Waals surface area contributed by atoms with Gasteiger partial charge in [-0.15, -0.1) is 0 Å². The topological polar surface area (TPSA) is 38.3 Å². The predicted octanol–water partition coefficient (Wildman–Crippen LogP) is 1.50. The van der Waals surface area contributed by atoms with Crippen LogP contribution in [0.1, 0.15) is 26.2 Å². The zero-order valence-corrected chi connectivity index (χ0v) is 8.79. The number of piperidine rings is 1. The molecule has 0 aromatic rings. The molecular weight excluding hydrogens is 178 g/mol. The van der Waals surface area contributed by atoms with Crippen LogP contribution in [0, 0.1) is 5.92 Å². The van der Waals surface area contributed by atoms with Crippen LogP contribution >= 0.6 is 0 Å². The van der Waals surface area contributed by atoms with Gasteiger partial charge in [0.2, 0.25) is 0 Å².